The van der Waals surface area contributed by atoms with Crippen LogP contribution < -0.4 is 10.6 Å². The maximum atomic E-state index is 12.6. The molecule has 0 bridgehead atoms. The number of aryl methyl sites for hydroxylation is 1. The van der Waals surface area contributed by atoms with Gasteiger partial charge in [0.25, 0.3) is 11.8 Å². The third-order valence-corrected chi connectivity index (χ3v) is 5.90. The Morgan fingerprint density at radius 1 is 1.06 bits per heavy atom. The van der Waals surface area contributed by atoms with Gasteiger partial charge in [-0.05, 0) is 55.0 Å². The average molecular weight is 477 g/mol. The van der Waals surface area contributed by atoms with Gasteiger partial charge in [-0.25, -0.2) is 4.79 Å². The molecule has 0 aliphatic heterocycles. The first-order valence-corrected chi connectivity index (χ1v) is 12.2. The third kappa shape index (κ3) is 7.88. The van der Waals surface area contributed by atoms with Gasteiger partial charge in [-0.3, -0.25) is 9.59 Å². The van der Waals surface area contributed by atoms with Crippen molar-refractivity contribution in [1.29, 1.82) is 0 Å². The fourth-order valence-corrected chi connectivity index (χ4v) is 3.70. The zero-order valence-electron chi connectivity index (χ0n) is 18.5. The number of ether oxygens (including phenoxy) is 1. The Balaban J connectivity index is 1.91. The first kappa shape index (κ1) is 25.7. The first-order chi connectivity index (χ1) is 15.3. The second kappa shape index (κ2) is 13.1. The summed E-state index contributed by atoms with van der Waals surface area (Å²) in [5.74, 6) is -0.896. The van der Waals surface area contributed by atoms with Crippen LogP contribution in [0.15, 0.2) is 48.5 Å². The highest BCUT2D eigenvalue weighted by atomic mass is 35.5. The van der Waals surface area contributed by atoms with Gasteiger partial charge >= 0.3 is 5.97 Å². The van der Waals surface area contributed by atoms with E-state index in [-0.39, 0.29) is 11.6 Å². The van der Waals surface area contributed by atoms with E-state index in [9.17, 15) is 14.4 Å². The second-order valence-electron chi connectivity index (χ2n) is 7.28. The standard InChI is InChI=1S/C24H29ClN2O4S/c1-4-17-9-11-18(12-10-17)16(2)26-22(28)15-31-24(30)21(13-14-32-3)27-23(29)19-7-5-6-8-20(19)25/h5-12,16,21H,4,13-15H2,1-3H3,(H,26,28)(H,27,29). The summed E-state index contributed by atoms with van der Waals surface area (Å²) in [4.78, 5) is 37.4. The molecule has 2 aromatic carbocycles. The summed E-state index contributed by atoms with van der Waals surface area (Å²) in [5, 5.41) is 5.78. The predicted molar refractivity (Wildman–Crippen MR) is 129 cm³/mol. The van der Waals surface area contributed by atoms with Crippen molar-refractivity contribution >= 4 is 41.1 Å². The molecule has 0 aliphatic carbocycles. The number of halogens is 1. The van der Waals surface area contributed by atoms with E-state index < -0.39 is 30.4 Å². The zero-order valence-corrected chi connectivity index (χ0v) is 20.1. The summed E-state index contributed by atoms with van der Waals surface area (Å²) in [6.45, 7) is 3.53. The first-order valence-electron chi connectivity index (χ1n) is 10.4. The van der Waals surface area contributed by atoms with Crippen molar-refractivity contribution in [3.8, 4) is 0 Å². The Hall–Kier alpha value is -2.51. The largest absolute Gasteiger partial charge is 0.454 e. The van der Waals surface area contributed by atoms with E-state index in [0.29, 0.717) is 17.2 Å². The number of carbonyl (C=O) groups excluding carboxylic acids is 3. The van der Waals surface area contributed by atoms with Crippen molar-refractivity contribution in [1.82, 2.24) is 10.6 Å². The Kier molecular flexibility index (Phi) is 10.6. The second-order valence-corrected chi connectivity index (χ2v) is 8.67. The maximum absolute atomic E-state index is 12.6. The summed E-state index contributed by atoms with van der Waals surface area (Å²) >= 11 is 7.61. The topological polar surface area (TPSA) is 84.5 Å². The quantitative estimate of drug-likeness (QED) is 0.475. The van der Waals surface area contributed by atoms with E-state index in [1.807, 2.05) is 37.4 Å². The molecule has 2 rings (SSSR count). The average Bonchev–Trinajstić information content (AvgIpc) is 2.80. The summed E-state index contributed by atoms with van der Waals surface area (Å²) in [7, 11) is 0. The summed E-state index contributed by atoms with van der Waals surface area (Å²) in [6, 6.07) is 13.5. The number of esters is 1. The Bertz CT molecular complexity index is 920. The molecular weight excluding hydrogens is 448 g/mol. The Morgan fingerprint density at radius 2 is 1.75 bits per heavy atom. The molecular formula is C24H29ClN2O4S. The van der Waals surface area contributed by atoms with E-state index in [4.69, 9.17) is 16.3 Å². The van der Waals surface area contributed by atoms with Gasteiger partial charge in [-0.15, -0.1) is 0 Å². The normalized spacial score (nSPS) is 12.5. The number of rotatable bonds is 11. The lowest BCUT2D eigenvalue weighted by Crippen LogP contribution is -2.43. The van der Waals surface area contributed by atoms with Gasteiger partial charge in [0.1, 0.15) is 6.04 Å². The highest BCUT2D eigenvalue weighted by Gasteiger charge is 2.24. The van der Waals surface area contributed by atoms with E-state index in [0.717, 1.165) is 12.0 Å². The van der Waals surface area contributed by atoms with Gasteiger partial charge in [0.15, 0.2) is 6.61 Å². The predicted octanol–water partition coefficient (Wildman–Crippen LogP) is 4.17. The molecule has 2 unspecified atom stereocenters. The van der Waals surface area contributed by atoms with Gasteiger partial charge < -0.3 is 15.4 Å². The van der Waals surface area contributed by atoms with Gasteiger partial charge in [0.2, 0.25) is 0 Å². The van der Waals surface area contributed by atoms with Crippen molar-refractivity contribution < 1.29 is 19.1 Å². The lowest BCUT2D eigenvalue weighted by Gasteiger charge is -2.19. The van der Waals surface area contributed by atoms with Crippen LogP contribution in [0.25, 0.3) is 0 Å². The number of carbonyl (C=O) groups is 3. The zero-order chi connectivity index (χ0) is 23.5. The van der Waals surface area contributed by atoms with Crippen molar-refractivity contribution in [3.05, 3.63) is 70.2 Å². The molecule has 6 nitrogen and oxygen atoms in total. The molecule has 172 valence electrons. The number of hydrogen-bond donors (Lipinski definition) is 2. The smallest absolute Gasteiger partial charge is 0.329 e. The minimum atomic E-state index is -0.877. The van der Waals surface area contributed by atoms with Crippen molar-refractivity contribution in [2.45, 2.75) is 38.8 Å². The van der Waals surface area contributed by atoms with E-state index in [1.165, 1.54) is 5.56 Å². The van der Waals surface area contributed by atoms with Crippen LogP contribution in [0.2, 0.25) is 5.02 Å². The van der Waals surface area contributed by atoms with Crippen LogP contribution in [-0.2, 0) is 20.7 Å². The summed E-state index contributed by atoms with van der Waals surface area (Å²) < 4.78 is 5.20. The van der Waals surface area contributed by atoms with Crippen LogP contribution in [0.5, 0.6) is 0 Å². The van der Waals surface area contributed by atoms with Crippen molar-refractivity contribution in [2.24, 2.45) is 0 Å². The van der Waals surface area contributed by atoms with Crippen LogP contribution in [0.3, 0.4) is 0 Å². The SMILES string of the molecule is CCc1ccc(C(C)NC(=O)COC(=O)C(CCSC)NC(=O)c2ccccc2Cl)cc1. The molecule has 2 N–H and O–H groups in total. The van der Waals surface area contributed by atoms with Crippen LogP contribution in [-0.4, -0.2) is 42.4 Å². The minimum Gasteiger partial charge on any atom is -0.454 e. The Labute approximate surface area is 198 Å². The van der Waals surface area contributed by atoms with Crippen LogP contribution in [0.4, 0.5) is 0 Å². The maximum Gasteiger partial charge on any atom is 0.329 e. The number of thioether (sulfide) groups is 1. The number of amides is 2. The minimum absolute atomic E-state index is 0.223. The molecule has 0 saturated heterocycles. The van der Waals surface area contributed by atoms with Crippen LogP contribution >= 0.6 is 23.4 Å². The molecule has 0 aromatic heterocycles. The van der Waals surface area contributed by atoms with E-state index >= 15 is 0 Å². The molecule has 0 heterocycles. The van der Waals surface area contributed by atoms with Crippen LogP contribution in [0, 0.1) is 0 Å². The molecule has 0 saturated carbocycles. The number of nitrogens with one attached hydrogen (secondary N) is 2. The van der Waals surface area contributed by atoms with Gasteiger partial charge in [0.05, 0.1) is 16.6 Å². The van der Waals surface area contributed by atoms with E-state index in [1.54, 1.807) is 36.0 Å². The van der Waals surface area contributed by atoms with Crippen molar-refractivity contribution in [2.75, 3.05) is 18.6 Å². The molecule has 2 atom stereocenters. The molecule has 0 radical (unpaired) electrons. The van der Waals surface area contributed by atoms with Crippen LogP contribution in [0.1, 0.15) is 47.8 Å². The molecule has 0 fully saturated rings. The highest BCUT2D eigenvalue weighted by molar-refractivity contribution is 7.98. The molecule has 0 aliphatic rings. The lowest BCUT2D eigenvalue weighted by molar-refractivity contribution is -0.150. The monoisotopic (exact) mass is 476 g/mol. The number of benzene rings is 2. The molecule has 0 spiro atoms. The fourth-order valence-electron chi connectivity index (χ4n) is 3.01. The van der Waals surface area contributed by atoms with Gasteiger partial charge in [-0.2, -0.15) is 11.8 Å². The van der Waals surface area contributed by atoms with Gasteiger partial charge in [0, 0.05) is 0 Å². The fraction of sp³-hybridized carbons (Fsp3) is 0.375. The van der Waals surface area contributed by atoms with E-state index in [2.05, 4.69) is 17.6 Å². The molecule has 8 heteroatoms. The molecule has 2 amide bonds. The number of hydrogen-bond acceptors (Lipinski definition) is 5. The van der Waals surface area contributed by atoms with Gasteiger partial charge in [-0.1, -0.05) is 54.9 Å². The lowest BCUT2D eigenvalue weighted by atomic mass is 10.1. The molecule has 32 heavy (non-hydrogen) atoms. The third-order valence-electron chi connectivity index (χ3n) is 4.93. The summed E-state index contributed by atoms with van der Waals surface area (Å²) in [6.07, 6.45) is 3.22. The highest BCUT2D eigenvalue weighted by Crippen LogP contribution is 2.16. The Morgan fingerprint density at radius 3 is 2.38 bits per heavy atom. The molecule has 2 aromatic rings. The summed E-state index contributed by atoms with van der Waals surface area (Å²) in [5.41, 5.74) is 2.46. The van der Waals surface area contributed by atoms with Crippen molar-refractivity contribution in [3.63, 3.8) is 0 Å².